The highest BCUT2D eigenvalue weighted by Gasteiger charge is 2.12. The molecule has 6 nitrogen and oxygen atoms in total. The van der Waals surface area contributed by atoms with Crippen LogP contribution in [0.4, 0.5) is 11.4 Å². The Morgan fingerprint density at radius 2 is 1.96 bits per heavy atom. The number of anilines is 1. The average molecular weight is 334 g/mol. The number of hydrogen-bond donors (Lipinski definition) is 3. The van der Waals surface area contributed by atoms with Crippen LogP contribution >= 0.6 is 0 Å². The van der Waals surface area contributed by atoms with E-state index in [0.717, 1.165) is 35.7 Å². The highest BCUT2D eigenvalue weighted by molar-refractivity contribution is 5.90. The topological polar surface area (TPSA) is 82.3 Å². The summed E-state index contributed by atoms with van der Waals surface area (Å²) in [4.78, 5) is 16.6. The van der Waals surface area contributed by atoms with Crippen LogP contribution < -0.4 is 15.6 Å². The lowest BCUT2D eigenvalue weighted by molar-refractivity contribution is 0.415. The Morgan fingerprint density at radius 3 is 2.76 bits per heavy atom. The maximum absolute atomic E-state index is 12.1. The molecule has 0 saturated heterocycles. The molecule has 6 heteroatoms. The van der Waals surface area contributed by atoms with E-state index in [1.807, 2.05) is 36.4 Å². The molecule has 2 aromatic carbocycles. The summed E-state index contributed by atoms with van der Waals surface area (Å²) in [5.41, 5.74) is 5.12. The third-order valence-corrected chi connectivity index (χ3v) is 4.34. The first-order valence-electron chi connectivity index (χ1n) is 8.10. The number of fused-ring (bicyclic) bond motifs is 1. The van der Waals surface area contributed by atoms with E-state index in [4.69, 9.17) is 4.74 Å². The van der Waals surface area contributed by atoms with Crippen molar-refractivity contribution in [2.75, 3.05) is 19.0 Å². The maximum atomic E-state index is 12.1. The van der Waals surface area contributed by atoms with Gasteiger partial charge in [-0.2, -0.15) is 0 Å². The van der Waals surface area contributed by atoms with E-state index in [0.29, 0.717) is 11.3 Å². The highest BCUT2D eigenvalue weighted by Crippen LogP contribution is 2.27. The second-order valence-corrected chi connectivity index (χ2v) is 5.87. The lowest BCUT2D eigenvalue weighted by atomic mass is 10.1. The minimum Gasteiger partial charge on any atom is -0.497 e. The van der Waals surface area contributed by atoms with Crippen LogP contribution in [0.5, 0.6) is 5.75 Å². The van der Waals surface area contributed by atoms with Crippen LogP contribution in [0.1, 0.15) is 11.1 Å². The van der Waals surface area contributed by atoms with E-state index in [1.54, 1.807) is 13.3 Å². The maximum Gasteiger partial charge on any atom is 0.273 e. The Bertz CT molecular complexity index is 983. The van der Waals surface area contributed by atoms with Crippen molar-refractivity contribution in [1.82, 2.24) is 10.2 Å². The predicted molar refractivity (Wildman–Crippen MR) is 99.3 cm³/mol. The quantitative estimate of drug-likeness (QED) is 0.641. The second-order valence-electron chi connectivity index (χ2n) is 5.87. The lowest BCUT2D eigenvalue weighted by Gasteiger charge is -2.03. The molecule has 0 fully saturated rings. The summed E-state index contributed by atoms with van der Waals surface area (Å²) < 4.78 is 5.17. The molecule has 4 rings (SSSR count). The van der Waals surface area contributed by atoms with Crippen LogP contribution in [-0.4, -0.2) is 30.1 Å². The summed E-state index contributed by atoms with van der Waals surface area (Å²) in [7, 11) is 1.62. The van der Waals surface area contributed by atoms with Crippen molar-refractivity contribution in [3.05, 3.63) is 63.9 Å². The average Bonchev–Trinajstić information content (AvgIpc) is 3.26. The summed E-state index contributed by atoms with van der Waals surface area (Å²) in [6.07, 6.45) is 2.64. The van der Waals surface area contributed by atoms with Gasteiger partial charge in [0.25, 0.3) is 5.56 Å². The minimum atomic E-state index is -0.200. The van der Waals surface area contributed by atoms with E-state index < -0.39 is 0 Å². The second kappa shape index (κ2) is 6.32. The van der Waals surface area contributed by atoms with E-state index in [2.05, 4.69) is 26.6 Å². The van der Waals surface area contributed by atoms with Gasteiger partial charge in [-0.1, -0.05) is 6.07 Å². The van der Waals surface area contributed by atoms with E-state index >= 15 is 0 Å². The Balaban J connectivity index is 1.66. The number of aromatic amines is 2. The fourth-order valence-electron chi connectivity index (χ4n) is 2.97. The Labute approximate surface area is 144 Å². The summed E-state index contributed by atoms with van der Waals surface area (Å²) in [6, 6.07) is 13.6. The third kappa shape index (κ3) is 2.94. The highest BCUT2D eigenvalue weighted by atomic mass is 16.5. The number of hydrogen-bond acceptors (Lipinski definition) is 4. The molecule has 0 aliphatic carbocycles. The molecule has 0 atom stereocenters. The first-order chi connectivity index (χ1) is 12.2. The van der Waals surface area contributed by atoms with Crippen molar-refractivity contribution in [1.29, 1.82) is 0 Å². The van der Waals surface area contributed by atoms with Gasteiger partial charge in [0.1, 0.15) is 5.75 Å². The number of methoxy groups -OCH3 is 1. The van der Waals surface area contributed by atoms with Crippen LogP contribution in [0.3, 0.4) is 0 Å². The summed E-state index contributed by atoms with van der Waals surface area (Å²) >= 11 is 0. The van der Waals surface area contributed by atoms with Crippen molar-refractivity contribution < 1.29 is 4.74 Å². The zero-order valence-electron chi connectivity index (χ0n) is 13.8. The van der Waals surface area contributed by atoms with Crippen molar-refractivity contribution in [3.63, 3.8) is 0 Å². The Morgan fingerprint density at radius 1 is 1.12 bits per heavy atom. The van der Waals surface area contributed by atoms with Crippen LogP contribution in [0, 0.1) is 0 Å². The monoisotopic (exact) mass is 334 g/mol. The standard InChI is InChI=1S/C19H18N4O2/c1-25-15-6-3-13(4-7-15)18-16(19(24)23-22-18)11-21-14-5-2-12-8-9-20-17(12)10-14/h2-7,10-11,20H,8-9H2,1H3,(H2,22,23,24). The van der Waals surface area contributed by atoms with Crippen molar-refractivity contribution in [3.8, 4) is 17.0 Å². The number of H-pyrrole nitrogens is 2. The summed E-state index contributed by atoms with van der Waals surface area (Å²) in [6.45, 7) is 0.960. The molecule has 0 radical (unpaired) electrons. The zero-order valence-corrected chi connectivity index (χ0v) is 13.8. The van der Waals surface area contributed by atoms with Crippen LogP contribution in [0.15, 0.2) is 52.3 Å². The van der Waals surface area contributed by atoms with Gasteiger partial charge in [-0.05, 0) is 48.4 Å². The van der Waals surface area contributed by atoms with E-state index in [1.165, 1.54) is 5.56 Å². The van der Waals surface area contributed by atoms with E-state index in [9.17, 15) is 4.79 Å². The predicted octanol–water partition coefficient (Wildman–Crippen LogP) is 3.10. The van der Waals surface area contributed by atoms with Gasteiger partial charge in [0, 0.05) is 24.0 Å². The Kier molecular flexibility index (Phi) is 3.85. The van der Waals surface area contributed by atoms with Gasteiger partial charge in [0.05, 0.1) is 24.1 Å². The van der Waals surface area contributed by atoms with Crippen LogP contribution in [0.2, 0.25) is 0 Å². The molecule has 0 bridgehead atoms. The molecule has 0 unspecified atom stereocenters. The molecular weight excluding hydrogens is 316 g/mol. The molecule has 0 spiro atoms. The number of benzene rings is 2. The summed E-state index contributed by atoms with van der Waals surface area (Å²) in [5.74, 6) is 0.766. The third-order valence-electron chi connectivity index (χ3n) is 4.34. The van der Waals surface area contributed by atoms with Gasteiger partial charge >= 0.3 is 0 Å². The van der Waals surface area contributed by atoms with Crippen LogP contribution in [0.25, 0.3) is 11.3 Å². The molecule has 1 aliphatic heterocycles. The molecule has 0 amide bonds. The van der Waals surface area contributed by atoms with Gasteiger partial charge in [-0.25, -0.2) is 0 Å². The SMILES string of the molecule is COc1ccc(-c2[nH][nH]c(=O)c2C=Nc2ccc3c(c2)NCC3)cc1. The normalized spacial score (nSPS) is 13.0. The molecule has 3 aromatic rings. The van der Waals surface area contributed by atoms with E-state index in [-0.39, 0.29) is 5.56 Å². The number of aromatic nitrogens is 2. The first kappa shape index (κ1) is 15.3. The van der Waals surface area contributed by atoms with Crippen LogP contribution in [-0.2, 0) is 6.42 Å². The lowest BCUT2D eigenvalue weighted by Crippen LogP contribution is -2.05. The number of rotatable bonds is 4. The number of nitrogens with zero attached hydrogens (tertiary/aromatic N) is 1. The number of ether oxygens (including phenoxy) is 1. The molecule has 0 saturated carbocycles. The molecule has 126 valence electrons. The van der Waals surface area contributed by atoms with Crippen molar-refractivity contribution in [2.45, 2.75) is 6.42 Å². The fourth-order valence-corrected chi connectivity index (χ4v) is 2.97. The van der Waals surface area contributed by atoms with Gasteiger partial charge in [0.15, 0.2) is 0 Å². The largest absolute Gasteiger partial charge is 0.497 e. The molecular formula is C19H18N4O2. The molecule has 3 N–H and O–H groups in total. The molecule has 25 heavy (non-hydrogen) atoms. The number of aliphatic imine (C=N–C) groups is 1. The summed E-state index contributed by atoms with van der Waals surface area (Å²) in [5, 5.41) is 8.88. The van der Waals surface area contributed by atoms with Crippen molar-refractivity contribution in [2.24, 2.45) is 4.99 Å². The molecule has 2 heterocycles. The van der Waals surface area contributed by atoms with Crippen molar-refractivity contribution >= 4 is 17.6 Å². The fraction of sp³-hybridized carbons (Fsp3) is 0.158. The Hall–Kier alpha value is -3.28. The van der Waals surface area contributed by atoms with Gasteiger partial charge in [0.2, 0.25) is 0 Å². The number of nitrogens with one attached hydrogen (secondary N) is 3. The smallest absolute Gasteiger partial charge is 0.273 e. The minimum absolute atomic E-state index is 0.200. The first-order valence-corrected chi connectivity index (χ1v) is 8.10. The molecule has 1 aliphatic rings. The van der Waals surface area contributed by atoms with Gasteiger partial charge in [-0.15, -0.1) is 0 Å². The molecule has 1 aromatic heterocycles. The van der Waals surface area contributed by atoms with Gasteiger partial charge in [-0.3, -0.25) is 20.0 Å². The zero-order chi connectivity index (χ0) is 17.2. The van der Waals surface area contributed by atoms with Gasteiger partial charge < -0.3 is 10.1 Å².